The molecule has 1 N–H and O–H groups in total. The van der Waals surface area contributed by atoms with Gasteiger partial charge >= 0.3 is 0 Å². The molecule has 0 aliphatic heterocycles. The number of amides is 2. The van der Waals surface area contributed by atoms with Crippen molar-refractivity contribution in [3.05, 3.63) is 63.1 Å². The molecule has 2 rings (SSSR count). The Balaban J connectivity index is 2.05. The first-order valence-electron chi connectivity index (χ1n) is 10.4. The fraction of sp³-hybridized carbons (Fsp3) is 0.417. The number of nitrogens with zero attached hydrogens (tertiary/aromatic N) is 1. The largest absolute Gasteiger partial charge is 0.350 e. The van der Waals surface area contributed by atoms with Crippen LogP contribution in [-0.2, 0) is 16.1 Å². The lowest BCUT2D eigenvalue weighted by Gasteiger charge is -2.31. The van der Waals surface area contributed by atoms with Crippen molar-refractivity contribution < 1.29 is 9.59 Å². The number of halogens is 3. The van der Waals surface area contributed by atoms with E-state index in [-0.39, 0.29) is 18.4 Å². The van der Waals surface area contributed by atoms with Gasteiger partial charge < -0.3 is 10.2 Å². The second kappa shape index (κ2) is 12.2. The molecule has 0 spiro atoms. The van der Waals surface area contributed by atoms with E-state index >= 15 is 0 Å². The fourth-order valence-corrected chi connectivity index (χ4v) is 4.28. The zero-order valence-corrected chi connectivity index (χ0v) is 21.8. The summed E-state index contributed by atoms with van der Waals surface area (Å²) in [6, 6.07) is 12.3. The van der Waals surface area contributed by atoms with Gasteiger partial charge in [-0.3, -0.25) is 9.59 Å². The van der Waals surface area contributed by atoms with Crippen molar-refractivity contribution in [1.82, 2.24) is 10.2 Å². The number of benzene rings is 2. The van der Waals surface area contributed by atoms with Crippen LogP contribution in [0.3, 0.4) is 0 Å². The van der Waals surface area contributed by atoms with E-state index in [2.05, 4.69) is 5.32 Å². The van der Waals surface area contributed by atoms with Crippen molar-refractivity contribution in [3.63, 3.8) is 0 Å². The summed E-state index contributed by atoms with van der Waals surface area (Å²) >= 11 is 19.8. The van der Waals surface area contributed by atoms with Crippen LogP contribution in [0.1, 0.15) is 46.1 Å². The van der Waals surface area contributed by atoms with E-state index in [0.29, 0.717) is 27.9 Å². The highest BCUT2D eigenvalue weighted by Crippen LogP contribution is 2.25. The predicted molar refractivity (Wildman–Crippen MR) is 136 cm³/mol. The average Bonchev–Trinajstić information content (AvgIpc) is 2.71. The number of rotatable bonds is 9. The van der Waals surface area contributed by atoms with Crippen molar-refractivity contribution in [2.75, 3.05) is 5.75 Å². The summed E-state index contributed by atoms with van der Waals surface area (Å²) in [7, 11) is 0. The van der Waals surface area contributed by atoms with Gasteiger partial charge in [-0.05, 0) is 81.8 Å². The monoisotopic (exact) mass is 514 g/mol. The summed E-state index contributed by atoms with van der Waals surface area (Å²) < 4.78 is 0. The number of carbonyl (C=O) groups excluding carboxylic acids is 2. The van der Waals surface area contributed by atoms with Crippen molar-refractivity contribution in [2.45, 2.75) is 63.6 Å². The van der Waals surface area contributed by atoms with Crippen LogP contribution in [0.2, 0.25) is 15.1 Å². The summed E-state index contributed by atoms with van der Waals surface area (Å²) in [5, 5.41) is 4.53. The number of hydrogen-bond donors (Lipinski definition) is 1. The zero-order chi connectivity index (χ0) is 23.9. The molecule has 0 radical (unpaired) electrons. The number of hydrogen-bond acceptors (Lipinski definition) is 3. The molecule has 2 amide bonds. The fourth-order valence-electron chi connectivity index (χ4n) is 2.98. The first-order valence-corrected chi connectivity index (χ1v) is 12.5. The average molecular weight is 516 g/mol. The molecule has 2 aromatic carbocycles. The van der Waals surface area contributed by atoms with Crippen LogP contribution in [0.4, 0.5) is 0 Å². The summed E-state index contributed by atoms with van der Waals surface area (Å²) in [4.78, 5) is 28.6. The lowest BCUT2D eigenvalue weighted by atomic mass is 10.1. The van der Waals surface area contributed by atoms with Crippen molar-refractivity contribution >= 4 is 58.4 Å². The highest BCUT2D eigenvalue weighted by atomic mass is 35.5. The molecule has 0 heterocycles. The van der Waals surface area contributed by atoms with Crippen LogP contribution in [0.15, 0.2) is 47.4 Å². The molecule has 0 saturated carbocycles. The van der Waals surface area contributed by atoms with Crippen LogP contribution >= 0.6 is 46.6 Å². The molecule has 32 heavy (non-hydrogen) atoms. The van der Waals surface area contributed by atoms with E-state index in [1.54, 1.807) is 35.7 Å². The maximum absolute atomic E-state index is 13.1. The van der Waals surface area contributed by atoms with Gasteiger partial charge in [-0.15, -0.1) is 11.8 Å². The van der Waals surface area contributed by atoms with Crippen molar-refractivity contribution in [3.8, 4) is 0 Å². The van der Waals surface area contributed by atoms with Crippen LogP contribution in [-0.4, -0.2) is 34.0 Å². The zero-order valence-electron chi connectivity index (χ0n) is 18.8. The van der Waals surface area contributed by atoms with Crippen LogP contribution in [0.25, 0.3) is 0 Å². The highest BCUT2D eigenvalue weighted by Gasteiger charge is 2.28. The Labute approximate surface area is 210 Å². The lowest BCUT2D eigenvalue weighted by Crippen LogP contribution is -2.52. The number of thioether (sulfide) groups is 1. The summed E-state index contributed by atoms with van der Waals surface area (Å²) in [5.41, 5.74) is 0.428. The molecule has 0 bridgehead atoms. The van der Waals surface area contributed by atoms with Gasteiger partial charge in [-0.25, -0.2) is 0 Å². The Morgan fingerprint density at radius 3 is 2.28 bits per heavy atom. The topological polar surface area (TPSA) is 49.4 Å². The van der Waals surface area contributed by atoms with E-state index < -0.39 is 11.6 Å². The van der Waals surface area contributed by atoms with Gasteiger partial charge in [0.2, 0.25) is 11.8 Å². The Hall–Kier alpha value is -1.40. The summed E-state index contributed by atoms with van der Waals surface area (Å²) in [6.45, 7) is 7.77. The second-order valence-electron chi connectivity index (χ2n) is 8.59. The first-order chi connectivity index (χ1) is 15.0. The van der Waals surface area contributed by atoms with E-state index in [1.807, 2.05) is 51.1 Å². The van der Waals surface area contributed by atoms with Gasteiger partial charge in [-0.2, -0.15) is 0 Å². The normalized spacial score (nSPS) is 12.3. The Kier molecular flexibility index (Phi) is 10.2. The number of nitrogens with one attached hydrogen (secondary N) is 1. The summed E-state index contributed by atoms with van der Waals surface area (Å²) in [6.07, 6.45) is 1.03. The molecule has 1 atom stereocenters. The van der Waals surface area contributed by atoms with E-state index in [0.717, 1.165) is 16.2 Å². The minimum Gasteiger partial charge on any atom is -0.350 e. The molecular formula is C24H29Cl3N2O2S. The smallest absolute Gasteiger partial charge is 0.242 e. The van der Waals surface area contributed by atoms with E-state index in [1.165, 1.54) is 0 Å². The van der Waals surface area contributed by atoms with Crippen molar-refractivity contribution in [1.29, 1.82) is 0 Å². The van der Waals surface area contributed by atoms with Gasteiger partial charge in [-0.1, -0.05) is 40.9 Å². The Bertz CT molecular complexity index is 930. The highest BCUT2D eigenvalue weighted by molar-refractivity contribution is 7.99. The molecule has 8 heteroatoms. The molecule has 0 aliphatic carbocycles. The van der Waals surface area contributed by atoms with Gasteiger partial charge in [0.15, 0.2) is 0 Å². The molecule has 174 valence electrons. The molecule has 2 aromatic rings. The molecule has 0 aliphatic rings. The standard InChI is InChI=1S/C24H29Cl3N2O2S/c1-16(23(31)28-24(2,3)4)29(15-17-7-12-20(26)21(27)14-17)22(30)6-5-13-32-19-10-8-18(25)9-11-19/h7-12,14,16H,5-6,13,15H2,1-4H3,(H,28,31)/t16-/m0/s1. The predicted octanol–water partition coefficient (Wildman–Crippen LogP) is 6.85. The van der Waals surface area contributed by atoms with Gasteiger partial charge in [0.1, 0.15) is 6.04 Å². The maximum atomic E-state index is 13.1. The quantitative estimate of drug-likeness (QED) is 0.293. The third kappa shape index (κ3) is 8.86. The van der Waals surface area contributed by atoms with Gasteiger partial charge in [0.05, 0.1) is 10.0 Å². The van der Waals surface area contributed by atoms with Gasteiger partial charge in [0.25, 0.3) is 0 Å². The SMILES string of the molecule is C[C@@H](C(=O)NC(C)(C)C)N(Cc1ccc(Cl)c(Cl)c1)C(=O)CCCSc1ccc(Cl)cc1. The van der Waals surface area contributed by atoms with Crippen molar-refractivity contribution in [2.24, 2.45) is 0 Å². The molecule has 0 saturated heterocycles. The van der Waals surface area contributed by atoms with Gasteiger partial charge in [0, 0.05) is 28.4 Å². The number of carbonyl (C=O) groups is 2. The second-order valence-corrected chi connectivity index (χ2v) is 11.0. The van der Waals surface area contributed by atoms with E-state index in [4.69, 9.17) is 34.8 Å². The Morgan fingerprint density at radius 2 is 1.69 bits per heavy atom. The third-order valence-electron chi connectivity index (χ3n) is 4.62. The lowest BCUT2D eigenvalue weighted by molar-refractivity contribution is -0.141. The molecular weight excluding hydrogens is 487 g/mol. The molecule has 4 nitrogen and oxygen atoms in total. The van der Waals surface area contributed by atoms with E-state index in [9.17, 15) is 9.59 Å². The van der Waals surface area contributed by atoms with Crippen LogP contribution in [0.5, 0.6) is 0 Å². The molecule has 0 aromatic heterocycles. The molecule has 0 unspecified atom stereocenters. The maximum Gasteiger partial charge on any atom is 0.242 e. The van der Waals surface area contributed by atoms with Crippen LogP contribution in [0, 0.1) is 0 Å². The minimum absolute atomic E-state index is 0.0793. The first kappa shape index (κ1) is 26.8. The third-order valence-corrected chi connectivity index (χ3v) is 6.71. The minimum atomic E-state index is -0.625. The Morgan fingerprint density at radius 1 is 1.03 bits per heavy atom. The molecule has 0 fully saturated rings. The van der Waals surface area contributed by atoms with Crippen LogP contribution < -0.4 is 5.32 Å². The summed E-state index contributed by atoms with van der Waals surface area (Å²) in [5.74, 6) is 0.516.